The van der Waals surface area contributed by atoms with Gasteiger partial charge in [-0.3, -0.25) is 0 Å². The Morgan fingerprint density at radius 2 is 2.05 bits per heavy atom. The predicted molar refractivity (Wildman–Crippen MR) is 79.7 cm³/mol. The molecule has 0 aromatic heterocycles. The van der Waals surface area contributed by atoms with Gasteiger partial charge >= 0.3 is 0 Å². The Kier molecular flexibility index (Phi) is 4.13. The van der Waals surface area contributed by atoms with Crippen molar-refractivity contribution in [1.82, 2.24) is 0 Å². The fraction of sp³-hybridized carbons (Fsp3) is 0.647. The third-order valence-electron chi connectivity index (χ3n) is 4.61. The normalized spacial score (nSPS) is 26.3. The maximum Gasteiger partial charge on any atom is 0.145 e. The number of hydrogen-bond acceptors (Lipinski definition) is 2. The van der Waals surface area contributed by atoms with Crippen molar-refractivity contribution in [1.29, 1.82) is 0 Å². The lowest BCUT2D eigenvalue weighted by Gasteiger charge is -2.31. The molecule has 2 atom stereocenters. The topological polar surface area (TPSA) is 21.3 Å². The molecule has 0 heterocycles. The van der Waals surface area contributed by atoms with E-state index in [9.17, 15) is 4.39 Å². The van der Waals surface area contributed by atoms with Crippen LogP contribution in [0.15, 0.2) is 18.2 Å². The van der Waals surface area contributed by atoms with E-state index in [0.29, 0.717) is 18.4 Å². The van der Waals surface area contributed by atoms with Crippen LogP contribution in [0.1, 0.15) is 45.4 Å². The van der Waals surface area contributed by atoms with E-state index in [1.54, 1.807) is 6.07 Å². The van der Waals surface area contributed by atoms with Gasteiger partial charge in [0, 0.05) is 12.1 Å². The quantitative estimate of drug-likeness (QED) is 0.849. The summed E-state index contributed by atoms with van der Waals surface area (Å²) in [6.45, 7) is 2.49. The van der Waals surface area contributed by atoms with Gasteiger partial charge in [-0.2, -0.15) is 0 Å². The lowest BCUT2D eigenvalue weighted by molar-refractivity contribution is 0.301. The van der Waals surface area contributed by atoms with Gasteiger partial charge in [-0.15, -0.1) is 0 Å². The van der Waals surface area contributed by atoms with E-state index < -0.39 is 0 Å². The minimum Gasteiger partial charge on any atom is -0.492 e. The third-order valence-corrected chi connectivity index (χ3v) is 4.61. The van der Waals surface area contributed by atoms with Crippen molar-refractivity contribution >= 4 is 5.69 Å². The number of rotatable bonds is 5. The number of benzene rings is 1. The first-order chi connectivity index (χ1) is 9.76. The molecule has 0 bridgehead atoms. The minimum absolute atomic E-state index is 0.237. The first kappa shape index (κ1) is 13.7. The highest BCUT2D eigenvalue weighted by Crippen LogP contribution is 2.44. The summed E-state index contributed by atoms with van der Waals surface area (Å²) in [7, 11) is 0. The monoisotopic (exact) mass is 277 g/mol. The van der Waals surface area contributed by atoms with Crippen LogP contribution in [-0.2, 0) is 0 Å². The molecular formula is C17H24FNO. The van der Waals surface area contributed by atoms with E-state index in [4.69, 9.17) is 4.74 Å². The summed E-state index contributed by atoms with van der Waals surface area (Å²) in [4.78, 5) is 0. The molecule has 3 rings (SSSR count). The average Bonchev–Trinajstić information content (AvgIpc) is 3.27. The molecule has 20 heavy (non-hydrogen) atoms. The molecule has 1 N–H and O–H groups in total. The lowest BCUT2D eigenvalue weighted by Crippen LogP contribution is -2.28. The molecule has 1 aromatic rings. The molecule has 0 amide bonds. The largest absolute Gasteiger partial charge is 0.492 e. The smallest absolute Gasteiger partial charge is 0.145 e. The predicted octanol–water partition coefficient (Wildman–Crippen LogP) is 4.61. The Balaban J connectivity index is 1.66. The fourth-order valence-corrected chi connectivity index (χ4v) is 3.46. The van der Waals surface area contributed by atoms with Crippen LogP contribution in [0.25, 0.3) is 0 Å². The van der Waals surface area contributed by atoms with Gasteiger partial charge < -0.3 is 10.1 Å². The van der Waals surface area contributed by atoms with Crippen LogP contribution < -0.4 is 10.1 Å². The maximum atomic E-state index is 13.3. The second-order valence-corrected chi connectivity index (χ2v) is 6.18. The molecule has 0 radical (unpaired) electrons. The fourth-order valence-electron chi connectivity index (χ4n) is 3.46. The number of anilines is 1. The molecule has 2 fully saturated rings. The summed E-state index contributed by atoms with van der Waals surface area (Å²) >= 11 is 0. The van der Waals surface area contributed by atoms with Crippen LogP contribution in [0.5, 0.6) is 5.75 Å². The summed E-state index contributed by atoms with van der Waals surface area (Å²) in [6, 6.07) is 5.30. The molecule has 0 spiro atoms. The van der Waals surface area contributed by atoms with Gasteiger partial charge in [0.05, 0.1) is 12.3 Å². The summed E-state index contributed by atoms with van der Waals surface area (Å²) in [5.41, 5.74) is 0.940. The second kappa shape index (κ2) is 6.02. The molecular weight excluding hydrogens is 253 g/mol. The van der Waals surface area contributed by atoms with Crippen LogP contribution in [0.3, 0.4) is 0 Å². The zero-order valence-corrected chi connectivity index (χ0v) is 12.2. The zero-order valence-electron chi connectivity index (χ0n) is 12.2. The van der Waals surface area contributed by atoms with Crippen molar-refractivity contribution < 1.29 is 9.13 Å². The van der Waals surface area contributed by atoms with Crippen LogP contribution in [0.2, 0.25) is 0 Å². The molecule has 0 aliphatic heterocycles. The van der Waals surface area contributed by atoms with Gasteiger partial charge in [0.1, 0.15) is 11.6 Å². The summed E-state index contributed by atoms with van der Waals surface area (Å²) in [5, 5.41) is 3.58. The highest BCUT2D eigenvalue weighted by molar-refractivity contribution is 5.57. The van der Waals surface area contributed by atoms with Crippen LogP contribution in [0, 0.1) is 17.7 Å². The van der Waals surface area contributed by atoms with Crippen molar-refractivity contribution in [2.24, 2.45) is 11.8 Å². The maximum absolute atomic E-state index is 13.3. The SMILES string of the molecule is CCOc1cc(F)ccc1NC1CCCC(C2CC2)C1. The molecule has 2 aliphatic rings. The van der Waals surface area contributed by atoms with Gasteiger partial charge in [-0.25, -0.2) is 4.39 Å². The van der Waals surface area contributed by atoms with E-state index in [1.165, 1.54) is 50.7 Å². The molecule has 1 aromatic carbocycles. The molecule has 3 heteroatoms. The minimum atomic E-state index is -0.237. The Morgan fingerprint density at radius 1 is 1.20 bits per heavy atom. The second-order valence-electron chi connectivity index (χ2n) is 6.18. The van der Waals surface area contributed by atoms with Crippen LogP contribution in [-0.4, -0.2) is 12.6 Å². The summed E-state index contributed by atoms with van der Waals surface area (Å²) in [6.07, 6.45) is 8.03. The van der Waals surface area contributed by atoms with Gasteiger partial charge in [0.15, 0.2) is 0 Å². The van der Waals surface area contributed by atoms with E-state index in [0.717, 1.165) is 17.5 Å². The number of ether oxygens (including phenoxy) is 1. The van der Waals surface area contributed by atoms with Gasteiger partial charge in [0.2, 0.25) is 0 Å². The van der Waals surface area contributed by atoms with Crippen molar-refractivity contribution in [2.45, 2.75) is 51.5 Å². The van der Waals surface area contributed by atoms with E-state index in [-0.39, 0.29) is 5.82 Å². The Bertz CT molecular complexity index is 458. The Morgan fingerprint density at radius 3 is 2.80 bits per heavy atom. The molecule has 0 saturated heterocycles. The number of hydrogen-bond donors (Lipinski definition) is 1. The van der Waals surface area contributed by atoms with Crippen LogP contribution in [0.4, 0.5) is 10.1 Å². The van der Waals surface area contributed by atoms with Crippen molar-refractivity contribution in [3.05, 3.63) is 24.0 Å². The van der Waals surface area contributed by atoms with Crippen molar-refractivity contribution in [2.75, 3.05) is 11.9 Å². The first-order valence-corrected chi connectivity index (χ1v) is 7.95. The highest BCUT2D eigenvalue weighted by atomic mass is 19.1. The lowest BCUT2D eigenvalue weighted by atomic mass is 9.82. The van der Waals surface area contributed by atoms with Gasteiger partial charge in [0.25, 0.3) is 0 Å². The molecule has 2 aliphatic carbocycles. The first-order valence-electron chi connectivity index (χ1n) is 7.95. The van der Waals surface area contributed by atoms with Crippen molar-refractivity contribution in [3.8, 4) is 5.75 Å². The standard InChI is InChI=1S/C17H24FNO/c1-2-20-17-11-14(18)8-9-16(17)19-15-5-3-4-13(10-15)12-6-7-12/h8-9,11-13,15,19H,2-7,10H2,1H3. The number of halogens is 1. The van der Waals surface area contributed by atoms with Gasteiger partial charge in [-0.1, -0.05) is 12.8 Å². The molecule has 2 unspecified atom stereocenters. The van der Waals surface area contributed by atoms with Gasteiger partial charge in [-0.05, 0) is 56.6 Å². The highest BCUT2D eigenvalue weighted by Gasteiger charge is 2.34. The average molecular weight is 277 g/mol. The zero-order chi connectivity index (χ0) is 13.9. The summed E-state index contributed by atoms with van der Waals surface area (Å²) < 4.78 is 18.9. The van der Waals surface area contributed by atoms with E-state index >= 15 is 0 Å². The summed E-state index contributed by atoms with van der Waals surface area (Å²) in [5.74, 6) is 2.29. The molecule has 110 valence electrons. The molecule has 2 saturated carbocycles. The Hall–Kier alpha value is -1.25. The third kappa shape index (κ3) is 3.25. The van der Waals surface area contributed by atoms with Crippen molar-refractivity contribution in [3.63, 3.8) is 0 Å². The molecule has 2 nitrogen and oxygen atoms in total. The van der Waals surface area contributed by atoms with Crippen LogP contribution >= 0.6 is 0 Å². The van der Waals surface area contributed by atoms with E-state index in [1.807, 2.05) is 6.92 Å². The Labute approximate surface area is 120 Å². The van der Waals surface area contributed by atoms with E-state index in [2.05, 4.69) is 5.32 Å². The number of nitrogens with one attached hydrogen (secondary N) is 1.